The molecule has 1 fully saturated rings. The Hall–Kier alpha value is -0.650. The monoisotopic (exact) mass is 177 g/mol. The van der Waals surface area contributed by atoms with E-state index in [0.717, 1.165) is 0 Å². The summed E-state index contributed by atoms with van der Waals surface area (Å²) in [4.78, 5) is 10.6. The number of carboxylic acids is 1. The molecule has 1 aliphatic rings. The molecule has 5 heteroatoms. The van der Waals surface area contributed by atoms with Crippen molar-refractivity contribution in [1.82, 2.24) is 0 Å². The van der Waals surface area contributed by atoms with Gasteiger partial charge in [0.2, 0.25) is 0 Å². The fourth-order valence-corrected chi connectivity index (χ4v) is 1.69. The van der Waals surface area contributed by atoms with Crippen molar-refractivity contribution in [2.75, 3.05) is 20.6 Å². The summed E-state index contributed by atoms with van der Waals surface area (Å²) in [5.41, 5.74) is 0. The van der Waals surface area contributed by atoms with Crippen molar-refractivity contribution in [2.45, 2.75) is 18.6 Å². The van der Waals surface area contributed by atoms with Crippen molar-refractivity contribution in [3.05, 3.63) is 0 Å². The van der Waals surface area contributed by atoms with Crippen LogP contribution in [0.2, 0.25) is 0 Å². The van der Waals surface area contributed by atoms with Gasteiger partial charge in [-0.15, -0.1) is 0 Å². The molecule has 1 saturated heterocycles. The van der Waals surface area contributed by atoms with E-state index < -0.39 is 18.1 Å². The number of aliphatic hydroxyl groups excluding tert-OH is 1. The zero-order chi connectivity index (χ0) is 8.65. The van der Waals surface area contributed by atoms with Crippen molar-refractivity contribution in [1.29, 1.82) is 0 Å². The molecule has 0 radical (unpaired) electrons. The Bertz CT molecular complexity index is 180. The van der Waals surface area contributed by atoms with Gasteiger partial charge < -0.3 is 20.2 Å². The first kappa shape index (κ1) is 11.4. The van der Waals surface area contributed by atoms with E-state index in [4.69, 9.17) is 5.11 Å². The Labute approximate surface area is 71.1 Å². The summed E-state index contributed by atoms with van der Waals surface area (Å²) in [6.07, 6.45) is -0.0754. The molecular formula is C7H15NO4. The molecule has 0 spiro atoms. The van der Waals surface area contributed by atoms with E-state index in [2.05, 4.69) is 0 Å². The first-order valence-corrected chi connectivity index (χ1v) is 3.67. The average molecular weight is 177 g/mol. The highest BCUT2D eigenvalue weighted by Gasteiger charge is 2.44. The first-order valence-electron chi connectivity index (χ1n) is 3.67. The Morgan fingerprint density at radius 1 is 1.50 bits per heavy atom. The number of hydrogen-bond acceptors (Lipinski definition) is 3. The summed E-state index contributed by atoms with van der Waals surface area (Å²) in [6.45, 7) is 0.539. The van der Waals surface area contributed by atoms with Crippen LogP contribution < -0.4 is 0 Å². The predicted molar refractivity (Wildman–Crippen MR) is 41.0 cm³/mol. The maximum atomic E-state index is 10.6. The largest absolute Gasteiger partial charge is 0.870 e. The number of carboxylic acid groups (broad SMARTS) is 1. The fraction of sp³-hybridized carbons (Fsp3) is 0.857. The van der Waals surface area contributed by atoms with Gasteiger partial charge in [0, 0.05) is 6.42 Å². The number of rotatable bonds is 1. The number of likely N-dealkylation sites (tertiary alicyclic amines) is 1. The Morgan fingerprint density at radius 2 is 2.00 bits per heavy atom. The van der Waals surface area contributed by atoms with Crippen LogP contribution in [0.4, 0.5) is 0 Å². The number of likely N-dealkylation sites (N-methyl/N-ethyl adjacent to an activating group) is 1. The van der Waals surface area contributed by atoms with Crippen LogP contribution in [0.5, 0.6) is 0 Å². The minimum absolute atomic E-state index is 0. The van der Waals surface area contributed by atoms with Gasteiger partial charge in [0.05, 0.1) is 14.1 Å². The number of nitrogens with zero attached hydrogens (tertiary/aromatic N) is 1. The lowest BCUT2D eigenvalue weighted by Gasteiger charge is -2.28. The fourth-order valence-electron chi connectivity index (χ4n) is 1.69. The molecule has 1 heterocycles. The van der Waals surface area contributed by atoms with Crippen LogP contribution in [-0.4, -0.2) is 58.9 Å². The highest BCUT2D eigenvalue weighted by atomic mass is 16.4. The standard InChI is InChI=1S/C7H13NO3.H2O/c1-8(2)4-5(9)3-6(8)7(10)11;/h5-6,9H,3-4H2,1-2H3;1H2. The second kappa shape index (κ2) is 3.38. The van der Waals surface area contributed by atoms with Crippen LogP contribution in [0.3, 0.4) is 0 Å². The number of hydrogen-bond donors (Lipinski definition) is 2. The van der Waals surface area contributed by atoms with E-state index in [1.807, 2.05) is 14.1 Å². The molecule has 2 unspecified atom stereocenters. The van der Waals surface area contributed by atoms with Crippen molar-refractivity contribution in [2.24, 2.45) is 0 Å². The molecule has 2 atom stereocenters. The smallest absolute Gasteiger partial charge is 0.362 e. The maximum Gasteiger partial charge on any atom is 0.362 e. The van der Waals surface area contributed by atoms with Gasteiger partial charge in [-0.2, -0.15) is 0 Å². The molecule has 1 aliphatic heterocycles. The van der Waals surface area contributed by atoms with Crippen molar-refractivity contribution >= 4 is 5.97 Å². The van der Waals surface area contributed by atoms with Crippen LogP contribution in [0.25, 0.3) is 0 Å². The van der Waals surface area contributed by atoms with Crippen molar-refractivity contribution in [3.8, 4) is 0 Å². The van der Waals surface area contributed by atoms with Gasteiger partial charge in [-0.05, 0) is 0 Å². The summed E-state index contributed by atoms with van der Waals surface area (Å²) < 4.78 is 0.385. The lowest BCUT2D eigenvalue weighted by Crippen LogP contribution is -2.48. The lowest BCUT2D eigenvalue weighted by molar-refractivity contribution is -0.895. The average Bonchev–Trinajstić information content (AvgIpc) is 2.04. The number of quaternary nitrogens is 1. The molecule has 0 aliphatic carbocycles. The second-order valence-corrected chi connectivity index (χ2v) is 3.70. The predicted octanol–water partition coefficient (Wildman–Crippen LogP) is -0.896. The summed E-state index contributed by atoms with van der Waals surface area (Å²) in [5.74, 6) is -0.813. The third-order valence-electron chi connectivity index (χ3n) is 2.31. The summed E-state index contributed by atoms with van der Waals surface area (Å²) in [7, 11) is 3.66. The maximum absolute atomic E-state index is 10.6. The van der Waals surface area contributed by atoms with Gasteiger partial charge in [0.1, 0.15) is 12.6 Å². The van der Waals surface area contributed by atoms with E-state index in [0.29, 0.717) is 17.4 Å². The molecule has 0 bridgehead atoms. The van der Waals surface area contributed by atoms with Gasteiger partial charge in [-0.3, -0.25) is 0 Å². The first-order chi connectivity index (χ1) is 4.93. The van der Waals surface area contributed by atoms with Gasteiger partial charge >= 0.3 is 5.97 Å². The summed E-state index contributed by atoms with van der Waals surface area (Å²) >= 11 is 0. The Balaban J connectivity index is 0.00000121. The minimum atomic E-state index is -0.813. The zero-order valence-electron chi connectivity index (χ0n) is 7.27. The van der Waals surface area contributed by atoms with E-state index in [-0.39, 0.29) is 5.48 Å². The number of carbonyl (C=O) groups is 1. The molecule has 0 aromatic carbocycles. The molecule has 72 valence electrons. The summed E-state index contributed by atoms with van der Waals surface area (Å²) in [6, 6.07) is -0.440. The Kier molecular flexibility index (Phi) is 3.20. The lowest BCUT2D eigenvalue weighted by atomic mass is 10.2. The van der Waals surface area contributed by atoms with Gasteiger partial charge in [-0.1, -0.05) is 0 Å². The van der Waals surface area contributed by atoms with Crippen LogP contribution in [0.1, 0.15) is 6.42 Å². The third-order valence-corrected chi connectivity index (χ3v) is 2.31. The highest BCUT2D eigenvalue weighted by molar-refractivity contribution is 5.72. The SMILES string of the molecule is C[N+]1(C)CC(O)CC1C(=O)O.[OH-]. The molecule has 0 aromatic rings. The Morgan fingerprint density at radius 3 is 2.17 bits per heavy atom. The molecule has 5 nitrogen and oxygen atoms in total. The van der Waals surface area contributed by atoms with Gasteiger partial charge in [0.25, 0.3) is 0 Å². The van der Waals surface area contributed by atoms with Crippen LogP contribution >= 0.6 is 0 Å². The van der Waals surface area contributed by atoms with Crippen LogP contribution in [-0.2, 0) is 4.79 Å². The minimum Gasteiger partial charge on any atom is -0.870 e. The zero-order valence-corrected chi connectivity index (χ0v) is 7.27. The van der Waals surface area contributed by atoms with Gasteiger partial charge in [0.15, 0.2) is 6.04 Å². The topological polar surface area (TPSA) is 87.5 Å². The quantitative estimate of drug-likeness (QED) is 0.508. The molecule has 3 N–H and O–H groups in total. The van der Waals surface area contributed by atoms with E-state index in [9.17, 15) is 9.90 Å². The molecular weight excluding hydrogens is 162 g/mol. The molecule has 12 heavy (non-hydrogen) atoms. The van der Waals surface area contributed by atoms with E-state index in [1.54, 1.807) is 0 Å². The normalized spacial score (nSPS) is 32.6. The molecule has 1 rings (SSSR count). The van der Waals surface area contributed by atoms with Crippen LogP contribution in [0.15, 0.2) is 0 Å². The number of aliphatic carboxylic acids is 1. The number of aliphatic hydroxyl groups is 1. The van der Waals surface area contributed by atoms with Crippen molar-refractivity contribution < 1.29 is 25.0 Å². The molecule has 0 aromatic heterocycles. The highest BCUT2D eigenvalue weighted by Crippen LogP contribution is 2.22. The molecule has 0 saturated carbocycles. The molecule has 0 amide bonds. The third kappa shape index (κ3) is 1.94. The van der Waals surface area contributed by atoms with E-state index in [1.165, 1.54) is 0 Å². The second-order valence-electron chi connectivity index (χ2n) is 3.70. The summed E-state index contributed by atoms with van der Waals surface area (Å²) in [5, 5.41) is 17.9. The van der Waals surface area contributed by atoms with Gasteiger partial charge in [-0.25, -0.2) is 4.79 Å². The van der Waals surface area contributed by atoms with Crippen LogP contribution in [0, 0.1) is 0 Å². The van der Waals surface area contributed by atoms with Crippen molar-refractivity contribution in [3.63, 3.8) is 0 Å². The van der Waals surface area contributed by atoms with E-state index >= 15 is 0 Å².